The van der Waals surface area contributed by atoms with E-state index < -0.39 is 12.8 Å². The maximum absolute atomic E-state index is 11.9. The van der Waals surface area contributed by atoms with Crippen LogP contribution in [0.1, 0.15) is 5.56 Å². The third-order valence-electron chi connectivity index (χ3n) is 2.98. The first-order valence-corrected chi connectivity index (χ1v) is 6.35. The van der Waals surface area contributed by atoms with Crippen LogP contribution in [0.5, 0.6) is 0 Å². The second-order valence-corrected chi connectivity index (χ2v) is 4.63. The molecule has 3 nitrogen and oxygen atoms in total. The lowest BCUT2D eigenvalue weighted by Gasteiger charge is -2.08. The molecule has 0 aliphatic carbocycles. The maximum atomic E-state index is 11.9. The molecule has 0 aliphatic rings. The van der Waals surface area contributed by atoms with Gasteiger partial charge in [-0.1, -0.05) is 18.2 Å². The molecule has 0 bridgehead atoms. The van der Waals surface area contributed by atoms with Crippen molar-refractivity contribution in [3.63, 3.8) is 0 Å². The number of halogens is 3. The predicted molar refractivity (Wildman–Crippen MR) is 71.5 cm³/mol. The zero-order valence-electron chi connectivity index (χ0n) is 11.2. The van der Waals surface area contributed by atoms with Gasteiger partial charge in [-0.2, -0.15) is 13.2 Å². The molecule has 1 aromatic carbocycles. The summed E-state index contributed by atoms with van der Waals surface area (Å²) in [4.78, 5) is 0. The normalized spacial score (nSPS) is 12.2. The van der Waals surface area contributed by atoms with Gasteiger partial charge in [0.05, 0.1) is 6.61 Å². The quantitative estimate of drug-likeness (QED) is 0.826. The molecule has 0 radical (unpaired) electrons. The monoisotopic (exact) mass is 286 g/mol. The molecule has 0 fully saturated rings. The molecule has 0 aliphatic heterocycles. The summed E-state index contributed by atoms with van der Waals surface area (Å²) in [6.45, 7) is -0.150. The van der Waals surface area contributed by atoms with Crippen LogP contribution in [0.25, 0.3) is 10.9 Å². The molecule has 1 aromatic heterocycles. The van der Waals surface area contributed by atoms with Gasteiger partial charge in [-0.05, 0) is 11.6 Å². The Hall–Kier alpha value is -1.53. The van der Waals surface area contributed by atoms with E-state index in [9.17, 15) is 13.2 Å². The second kappa shape index (κ2) is 6.28. The topological polar surface area (TPSA) is 26.2 Å². The summed E-state index contributed by atoms with van der Waals surface area (Å²) in [7, 11) is 1.97. The second-order valence-electron chi connectivity index (χ2n) is 4.63. The zero-order chi connectivity index (χ0) is 14.6. The summed E-state index contributed by atoms with van der Waals surface area (Å²) >= 11 is 0. The highest BCUT2D eigenvalue weighted by atomic mass is 19.4. The minimum Gasteiger partial charge on any atom is -0.371 e. The van der Waals surface area contributed by atoms with Crippen LogP contribution >= 0.6 is 0 Å². The number of nitrogens with one attached hydrogen (secondary N) is 1. The van der Waals surface area contributed by atoms with E-state index in [-0.39, 0.29) is 6.61 Å². The van der Waals surface area contributed by atoms with Gasteiger partial charge >= 0.3 is 6.18 Å². The van der Waals surface area contributed by atoms with Gasteiger partial charge in [0.15, 0.2) is 0 Å². The van der Waals surface area contributed by atoms with Crippen LogP contribution in [0, 0.1) is 0 Å². The fraction of sp³-hybridized carbons (Fsp3) is 0.429. The molecule has 1 N–H and O–H groups in total. The van der Waals surface area contributed by atoms with Crippen molar-refractivity contribution in [1.29, 1.82) is 0 Å². The van der Waals surface area contributed by atoms with E-state index in [1.165, 1.54) is 0 Å². The van der Waals surface area contributed by atoms with Crippen molar-refractivity contribution in [2.24, 2.45) is 7.05 Å². The van der Waals surface area contributed by atoms with Crippen LogP contribution in [0.4, 0.5) is 13.2 Å². The number of aryl methyl sites for hydroxylation is 1. The van der Waals surface area contributed by atoms with Crippen molar-refractivity contribution in [2.45, 2.75) is 12.7 Å². The van der Waals surface area contributed by atoms with E-state index in [1.54, 1.807) is 0 Å². The van der Waals surface area contributed by atoms with Gasteiger partial charge in [0.1, 0.15) is 6.61 Å². The highest BCUT2D eigenvalue weighted by Crippen LogP contribution is 2.19. The van der Waals surface area contributed by atoms with Gasteiger partial charge in [0.2, 0.25) is 0 Å². The number of benzene rings is 1. The molecular weight excluding hydrogens is 269 g/mol. The average molecular weight is 286 g/mol. The SMILES string of the molecule is Cn1cc(CNCCOCC(F)(F)F)c2ccccc21. The van der Waals surface area contributed by atoms with Crippen molar-refractivity contribution >= 4 is 10.9 Å². The highest BCUT2D eigenvalue weighted by molar-refractivity contribution is 5.83. The Kier molecular flexibility index (Phi) is 4.67. The Labute approximate surface area is 115 Å². The van der Waals surface area contributed by atoms with Gasteiger partial charge < -0.3 is 14.6 Å². The van der Waals surface area contributed by atoms with Gasteiger partial charge in [0.25, 0.3) is 0 Å². The number of hydrogen-bond acceptors (Lipinski definition) is 2. The number of aromatic nitrogens is 1. The largest absolute Gasteiger partial charge is 0.411 e. The Morgan fingerprint density at radius 2 is 2.00 bits per heavy atom. The van der Waals surface area contributed by atoms with Crippen molar-refractivity contribution in [2.75, 3.05) is 19.8 Å². The molecule has 0 spiro atoms. The van der Waals surface area contributed by atoms with Crippen LogP contribution in [0.2, 0.25) is 0 Å². The van der Waals surface area contributed by atoms with Crippen molar-refractivity contribution in [3.8, 4) is 0 Å². The molecule has 1 heterocycles. The summed E-state index contributed by atoms with van der Waals surface area (Å²) < 4.78 is 42.1. The number of nitrogens with zero attached hydrogens (tertiary/aromatic N) is 1. The first-order chi connectivity index (χ1) is 9.47. The zero-order valence-corrected chi connectivity index (χ0v) is 11.2. The lowest BCUT2D eigenvalue weighted by Crippen LogP contribution is -2.23. The number of fused-ring (bicyclic) bond motifs is 1. The van der Waals surface area contributed by atoms with E-state index >= 15 is 0 Å². The van der Waals surface area contributed by atoms with E-state index in [0.29, 0.717) is 13.1 Å². The van der Waals surface area contributed by atoms with Crippen LogP contribution < -0.4 is 5.32 Å². The van der Waals surface area contributed by atoms with Gasteiger partial charge in [0, 0.05) is 37.2 Å². The molecule has 2 aromatic rings. The third-order valence-corrected chi connectivity index (χ3v) is 2.98. The fourth-order valence-electron chi connectivity index (χ4n) is 2.12. The van der Waals surface area contributed by atoms with E-state index in [4.69, 9.17) is 0 Å². The summed E-state index contributed by atoms with van der Waals surface area (Å²) in [5, 5.41) is 4.24. The Morgan fingerprint density at radius 3 is 2.75 bits per heavy atom. The molecule has 0 unspecified atom stereocenters. The fourth-order valence-corrected chi connectivity index (χ4v) is 2.12. The molecule has 0 saturated carbocycles. The standard InChI is InChI=1S/C14H17F3N2O/c1-19-9-11(12-4-2-3-5-13(12)19)8-18-6-7-20-10-14(15,16)17/h2-5,9,18H,6-8,10H2,1H3. The number of rotatable bonds is 6. The first-order valence-electron chi connectivity index (χ1n) is 6.35. The van der Waals surface area contributed by atoms with Crippen molar-refractivity contribution in [1.82, 2.24) is 9.88 Å². The lowest BCUT2D eigenvalue weighted by atomic mass is 10.2. The lowest BCUT2D eigenvalue weighted by molar-refractivity contribution is -0.173. The number of hydrogen-bond donors (Lipinski definition) is 1. The predicted octanol–water partition coefficient (Wildman–Crippen LogP) is 2.85. The van der Waals surface area contributed by atoms with Crippen LogP contribution in [0.3, 0.4) is 0 Å². The Morgan fingerprint density at radius 1 is 1.25 bits per heavy atom. The summed E-state index contributed by atoms with van der Waals surface area (Å²) in [6, 6.07) is 8.01. The average Bonchev–Trinajstić information content (AvgIpc) is 2.70. The molecule has 2 rings (SSSR count). The summed E-state index contributed by atoms with van der Waals surface area (Å²) in [5.74, 6) is 0. The van der Waals surface area contributed by atoms with Crippen LogP contribution in [0.15, 0.2) is 30.5 Å². The molecule has 0 amide bonds. The van der Waals surface area contributed by atoms with Crippen LogP contribution in [-0.2, 0) is 18.3 Å². The Balaban J connectivity index is 1.79. The smallest absolute Gasteiger partial charge is 0.371 e. The third kappa shape index (κ3) is 3.98. The minimum absolute atomic E-state index is 0.0459. The molecule has 20 heavy (non-hydrogen) atoms. The van der Waals surface area contributed by atoms with Crippen molar-refractivity contribution in [3.05, 3.63) is 36.0 Å². The van der Waals surface area contributed by atoms with Crippen LogP contribution in [-0.4, -0.2) is 30.5 Å². The number of para-hydroxylation sites is 1. The van der Waals surface area contributed by atoms with E-state index in [0.717, 1.165) is 16.5 Å². The van der Waals surface area contributed by atoms with E-state index in [1.807, 2.05) is 42.1 Å². The van der Waals surface area contributed by atoms with E-state index in [2.05, 4.69) is 10.1 Å². The Bertz CT molecular complexity index is 563. The number of alkyl halides is 3. The highest BCUT2D eigenvalue weighted by Gasteiger charge is 2.27. The summed E-state index contributed by atoms with van der Waals surface area (Å²) in [5.41, 5.74) is 2.26. The van der Waals surface area contributed by atoms with Gasteiger partial charge in [-0.25, -0.2) is 0 Å². The molecule has 110 valence electrons. The van der Waals surface area contributed by atoms with Gasteiger partial charge in [-0.15, -0.1) is 0 Å². The van der Waals surface area contributed by atoms with Gasteiger partial charge in [-0.3, -0.25) is 0 Å². The molecule has 0 saturated heterocycles. The first kappa shape index (κ1) is 14.9. The molecule has 6 heteroatoms. The number of ether oxygens (including phenoxy) is 1. The maximum Gasteiger partial charge on any atom is 0.411 e. The minimum atomic E-state index is -4.25. The summed E-state index contributed by atoms with van der Waals surface area (Å²) in [6.07, 6.45) is -2.23. The molecule has 0 atom stereocenters. The molecular formula is C14H17F3N2O. The van der Waals surface area contributed by atoms with Crippen molar-refractivity contribution < 1.29 is 17.9 Å².